The highest BCUT2D eigenvalue weighted by atomic mass is 35.5. The van der Waals surface area contributed by atoms with E-state index in [-0.39, 0.29) is 5.54 Å². The van der Waals surface area contributed by atoms with Gasteiger partial charge in [0.05, 0.1) is 46.4 Å². The molecular formula is C32H38Cl2FN7O2. The summed E-state index contributed by atoms with van der Waals surface area (Å²) in [5.74, 6) is 0.820. The van der Waals surface area contributed by atoms with E-state index in [9.17, 15) is 4.39 Å². The molecule has 2 saturated heterocycles. The van der Waals surface area contributed by atoms with Gasteiger partial charge in [-0.25, -0.2) is 4.39 Å². The van der Waals surface area contributed by atoms with Gasteiger partial charge in [-0.1, -0.05) is 35.3 Å². The maximum Gasteiger partial charge on any atom is 0.318 e. The summed E-state index contributed by atoms with van der Waals surface area (Å²) >= 11 is 13.5. The van der Waals surface area contributed by atoms with Crippen LogP contribution < -0.4 is 15.0 Å². The Labute approximate surface area is 267 Å². The van der Waals surface area contributed by atoms with Crippen molar-refractivity contribution in [3.8, 4) is 6.01 Å². The molecule has 0 radical (unpaired) electrons. The van der Waals surface area contributed by atoms with Crippen LogP contribution in [0.2, 0.25) is 10.0 Å². The Balaban J connectivity index is 1.16. The maximum atomic E-state index is 14.5. The predicted molar refractivity (Wildman–Crippen MR) is 166 cm³/mol. The van der Waals surface area contributed by atoms with Crippen LogP contribution in [0.1, 0.15) is 65.9 Å². The number of hydrogen-bond donors (Lipinski definition) is 1. The molecule has 12 heteroatoms. The Morgan fingerprint density at radius 3 is 2.93 bits per heavy atom. The van der Waals surface area contributed by atoms with Gasteiger partial charge in [-0.05, 0) is 62.9 Å². The minimum absolute atomic E-state index is 0.281. The molecule has 9 nitrogen and oxygen atoms in total. The summed E-state index contributed by atoms with van der Waals surface area (Å²) in [5.41, 5.74) is 5.33. The highest BCUT2D eigenvalue weighted by Gasteiger charge is 2.50. The van der Waals surface area contributed by atoms with Crippen LogP contribution in [0.3, 0.4) is 0 Å². The van der Waals surface area contributed by atoms with Crippen LogP contribution >= 0.6 is 23.2 Å². The summed E-state index contributed by atoms with van der Waals surface area (Å²) in [4.78, 5) is 14.6. The van der Waals surface area contributed by atoms with Gasteiger partial charge in [0, 0.05) is 49.6 Å². The zero-order valence-electron chi connectivity index (χ0n) is 25.0. The number of aryl methyl sites for hydroxylation is 1. The average molecular weight is 643 g/mol. The smallest absolute Gasteiger partial charge is 0.318 e. The number of anilines is 1. The Hall–Kier alpha value is -2.50. The second-order valence-electron chi connectivity index (χ2n) is 13.1. The SMILES string of the molecule is CNCc1nn2c(c1Cl)CN(c1nc(OCC34CCCN3C[C@H](F)C4)nc3c1CO[C@@]1(CCc4c(Cl)cccc41)C3)CCC2. The molecule has 1 unspecified atom stereocenters. The van der Waals surface area contributed by atoms with Crippen molar-refractivity contribution in [1.82, 2.24) is 30.0 Å². The van der Waals surface area contributed by atoms with Gasteiger partial charge in [-0.3, -0.25) is 9.58 Å². The fraction of sp³-hybridized carbons (Fsp3) is 0.594. The molecule has 0 saturated carbocycles. The molecule has 0 amide bonds. The number of nitrogens with one attached hydrogen (secondary N) is 1. The van der Waals surface area contributed by atoms with Crippen molar-refractivity contribution in [2.75, 3.05) is 38.2 Å². The molecule has 1 N–H and O–H groups in total. The summed E-state index contributed by atoms with van der Waals surface area (Å²) in [6.07, 6.45) is 4.92. The molecule has 1 aromatic carbocycles. The van der Waals surface area contributed by atoms with E-state index in [2.05, 4.69) is 21.2 Å². The van der Waals surface area contributed by atoms with Crippen molar-refractivity contribution in [2.45, 2.75) is 88.5 Å². The first-order valence-electron chi connectivity index (χ1n) is 15.9. The molecule has 44 heavy (non-hydrogen) atoms. The number of aromatic nitrogens is 4. The minimum atomic E-state index is -0.815. The summed E-state index contributed by atoms with van der Waals surface area (Å²) in [6, 6.07) is 6.45. The van der Waals surface area contributed by atoms with Crippen molar-refractivity contribution < 1.29 is 13.9 Å². The number of fused-ring (bicyclic) bond motifs is 5. The lowest BCUT2D eigenvalue weighted by Gasteiger charge is -2.37. The third-order valence-electron chi connectivity index (χ3n) is 10.5. The minimum Gasteiger partial charge on any atom is -0.461 e. The molecule has 6 heterocycles. The third-order valence-corrected chi connectivity index (χ3v) is 11.2. The molecule has 3 aromatic rings. The van der Waals surface area contributed by atoms with Gasteiger partial charge in [0.1, 0.15) is 18.6 Å². The number of hydrogen-bond acceptors (Lipinski definition) is 8. The molecular weight excluding hydrogens is 604 g/mol. The Kier molecular flexibility index (Phi) is 7.29. The van der Waals surface area contributed by atoms with Crippen LogP contribution in [0.5, 0.6) is 6.01 Å². The third kappa shape index (κ3) is 4.71. The van der Waals surface area contributed by atoms with Gasteiger partial charge in [0.2, 0.25) is 0 Å². The van der Waals surface area contributed by atoms with E-state index < -0.39 is 11.8 Å². The largest absolute Gasteiger partial charge is 0.461 e. The zero-order chi connectivity index (χ0) is 30.1. The molecule has 1 aliphatic carbocycles. The number of alkyl halides is 1. The first-order chi connectivity index (χ1) is 21.4. The van der Waals surface area contributed by atoms with Gasteiger partial charge in [-0.15, -0.1) is 0 Å². The van der Waals surface area contributed by atoms with E-state index in [1.165, 1.54) is 5.56 Å². The van der Waals surface area contributed by atoms with Crippen molar-refractivity contribution >= 4 is 29.0 Å². The van der Waals surface area contributed by atoms with Crippen molar-refractivity contribution in [1.29, 1.82) is 0 Å². The number of benzene rings is 1. The van der Waals surface area contributed by atoms with Gasteiger partial charge >= 0.3 is 6.01 Å². The lowest BCUT2D eigenvalue weighted by molar-refractivity contribution is -0.0730. The molecule has 3 atom stereocenters. The Morgan fingerprint density at radius 1 is 1.14 bits per heavy atom. The first-order valence-corrected chi connectivity index (χ1v) is 16.6. The van der Waals surface area contributed by atoms with E-state index in [0.717, 1.165) is 90.8 Å². The van der Waals surface area contributed by atoms with Crippen molar-refractivity contribution in [3.05, 3.63) is 62.0 Å². The van der Waals surface area contributed by atoms with Crippen molar-refractivity contribution in [2.24, 2.45) is 0 Å². The first kappa shape index (κ1) is 28.9. The zero-order valence-corrected chi connectivity index (χ0v) is 26.6. The number of rotatable bonds is 6. The Morgan fingerprint density at radius 2 is 2.05 bits per heavy atom. The summed E-state index contributed by atoms with van der Waals surface area (Å²) in [6.45, 7) is 4.94. The summed E-state index contributed by atoms with van der Waals surface area (Å²) in [5, 5.41) is 9.44. The Bertz CT molecular complexity index is 1600. The maximum absolute atomic E-state index is 14.5. The van der Waals surface area contributed by atoms with Crippen LogP contribution in [0.25, 0.3) is 0 Å². The molecule has 0 bridgehead atoms. The number of halogens is 3. The standard InChI is InChI=1S/C32H38Cl2FN7O2/c1-36-15-26-28(34)27-17-40(10-4-12-42(27)39-26)29-22-18-44-32(9-7-21-23(32)5-2-6-24(21)33)14-25(22)37-30(38-29)43-19-31-8-3-11-41(31)16-20(35)13-31/h2,5-6,20,36H,3-4,7-19H2,1H3/t20-,31?,32+/m1/s1. The van der Waals surface area contributed by atoms with Crippen molar-refractivity contribution in [3.63, 3.8) is 0 Å². The van der Waals surface area contributed by atoms with Gasteiger partial charge in [0.25, 0.3) is 0 Å². The summed E-state index contributed by atoms with van der Waals surface area (Å²) < 4.78 is 29.8. The molecule has 4 aliphatic heterocycles. The van der Waals surface area contributed by atoms with E-state index in [4.69, 9.17) is 47.7 Å². The average Bonchev–Trinajstić information content (AvgIpc) is 3.69. The quantitative estimate of drug-likeness (QED) is 0.404. The molecule has 1 spiro atoms. The highest BCUT2D eigenvalue weighted by molar-refractivity contribution is 6.32. The van der Waals surface area contributed by atoms with E-state index in [1.54, 1.807) is 0 Å². The van der Waals surface area contributed by atoms with Crippen LogP contribution in [0.4, 0.5) is 10.2 Å². The molecule has 8 rings (SSSR count). The highest BCUT2D eigenvalue weighted by Crippen LogP contribution is 2.49. The fourth-order valence-electron chi connectivity index (χ4n) is 8.33. The number of nitrogens with zero attached hydrogens (tertiary/aromatic N) is 6. The van der Waals surface area contributed by atoms with E-state index in [1.807, 2.05) is 23.9 Å². The molecule has 234 valence electrons. The van der Waals surface area contributed by atoms with Gasteiger partial charge in [0.15, 0.2) is 0 Å². The molecule has 2 aromatic heterocycles. The predicted octanol–water partition coefficient (Wildman–Crippen LogP) is 4.98. The lowest BCUT2D eigenvalue weighted by atomic mass is 9.87. The fourth-order valence-corrected chi connectivity index (χ4v) is 8.86. The monoisotopic (exact) mass is 641 g/mol. The normalized spacial score (nSPS) is 27.7. The van der Waals surface area contributed by atoms with Gasteiger partial charge < -0.3 is 19.7 Å². The van der Waals surface area contributed by atoms with E-state index >= 15 is 0 Å². The van der Waals surface area contributed by atoms with E-state index in [0.29, 0.717) is 56.7 Å². The lowest BCUT2D eigenvalue weighted by Crippen LogP contribution is -2.43. The second kappa shape index (κ2) is 11.1. The molecule has 5 aliphatic rings. The van der Waals surface area contributed by atoms with Gasteiger partial charge in [-0.2, -0.15) is 15.1 Å². The van der Waals surface area contributed by atoms with Crippen LogP contribution in [-0.2, 0) is 49.4 Å². The van der Waals surface area contributed by atoms with Crippen LogP contribution in [0, 0.1) is 0 Å². The topological polar surface area (TPSA) is 80.6 Å². The molecule has 2 fully saturated rings. The second-order valence-corrected chi connectivity index (χ2v) is 13.9. The summed E-state index contributed by atoms with van der Waals surface area (Å²) in [7, 11) is 1.90. The van der Waals surface area contributed by atoms with Crippen LogP contribution in [-0.4, -0.2) is 69.6 Å². The number of ether oxygens (including phenoxy) is 2. The van der Waals surface area contributed by atoms with Crippen LogP contribution in [0.15, 0.2) is 18.2 Å².